The van der Waals surface area contributed by atoms with Crippen LogP contribution in [-0.4, -0.2) is 11.7 Å². The van der Waals surface area contributed by atoms with Crippen LogP contribution in [0.15, 0.2) is 54.6 Å². The highest BCUT2D eigenvalue weighted by Crippen LogP contribution is 2.26. The molecule has 0 aliphatic heterocycles. The monoisotopic (exact) mass is 272 g/mol. The van der Waals surface area contributed by atoms with Gasteiger partial charge in [0.2, 0.25) is 0 Å². The molecule has 2 nitrogen and oxygen atoms in total. The number of benzene rings is 2. The van der Waals surface area contributed by atoms with Gasteiger partial charge in [0.1, 0.15) is 18.2 Å². The predicted octanol–water partition coefficient (Wildman–Crippen LogP) is 3.97. The molecule has 0 radical (unpaired) electrons. The SMILES string of the molecule is CC(O)c1ccc(F)cc1OCC=Cc1ccccc1. The topological polar surface area (TPSA) is 29.5 Å². The molecule has 0 saturated heterocycles. The van der Waals surface area contributed by atoms with Crippen LogP contribution >= 0.6 is 0 Å². The Hall–Kier alpha value is -2.13. The van der Waals surface area contributed by atoms with E-state index in [9.17, 15) is 9.50 Å². The van der Waals surface area contributed by atoms with Crippen LogP contribution in [0.2, 0.25) is 0 Å². The van der Waals surface area contributed by atoms with Crippen molar-refractivity contribution in [3.8, 4) is 5.75 Å². The quantitative estimate of drug-likeness (QED) is 0.892. The molecular formula is C17H17FO2. The first-order valence-corrected chi connectivity index (χ1v) is 6.48. The van der Waals surface area contributed by atoms with Crippen molar-refractivity contribution in [2.45, 2.75) is 13.0 Å². The Morgan fingerprint density at radius 2 is 1.95 bits per heavy atom. The molecule has 1 N–H and O–H groups in total. The molecule has 2 aromatic rings. The number of ether oxygens (including phenoxy) is 1. The van der Waals surface area contributed by atoms with Gasteiger partial charge in [0, 0.05) is 11.6 Å². The zero-order valence-electron chi connectivity index (χ0n) is 11.3. The van der Waals surface area contributed by atoms with Crippen LogP contribution in [0.25, 0.3) is 6.08 Å². The van der Waals surface area contributed by atoms with Crippen LogP contribution in [0, 0.1) is 5.82 Å². The molecule has 2 rings (SSSR count). The molecule has 0 heterocycles. The fourth-order valence-electron chi connectivity index (χ4n) is 1.86. The van der Waals surface area contributed by atoms with E-state index in [2.05, 4.69) is 0 Å². The maximum atomic E-state index is 13.2. The number of aliphatic hydroxyl groups excluding tert-OH is 1. The molecule has 3 heteroatoms. The minimum absolute atomic E-state index is 0.318. The summed E-state index contributed by atoms with van der Waals surface area (Å²) in [7, 11) is 0. The summed E-state index contributed by atoms with van der Waals surface area (Å²) in [5, 5.41) is 9.61. The first-order valence-electron chi connectivity index (χ1n) is 6.48. The van der Waals surface area contributed by atoms with Gasteiger partial charge in [0.25, 0.3) is 0 Å². The summed E-state index contributed by atoms with van der Waals surface area (Å²) >= 11 is 0. The molecule has 0 spiro atoms. The van der Waals surface area contributed by atoms with Gasteiger partial charge < -0.3 is 9.84 Å². The Bertz CT molecular complexity index is 577. The summed E-state index contributed by atoms with van der Waals surface area (Å²) in [5.41, 5.74) is 1.66. The van der Waals surface area contributed by atoms with Crippen molar-refractivity contribution in [3.05, 3.63) is 71.6 Å². The van der Waals surface area contributed by atoms with Gasteiger partial charge in [-0.25, -0.2) is 4.39 Å². The Kier molecular flexibility index (Phi) is 4.91. The zero-order chi connectivity index (χ0) is 14.4. The van der Waals surface area contributed by atoms with Crippen LogP contribution in [0.3, 0.4) is 0 Å². The third-order valence-electron chi connectivity index (χ3n) is 2.87. The summed E-state index contributed by atoms with van der Waals surface area (Å²) in [6.45, 7) is 1.94. The molecular weight excluding hydrogens is 255 g/mol. The van der Waals surface area contributed by atoms with Gasteiger partial charge in [-0.05, 0) is 30.7 Å². The molecule has 1 unspecified atom stereocenters. The fourth-order valence-corrected chi connectivity index (χ4v) is 1.86. The number of aliphatic hydroxyl groups is 1. The number of hydrogen-bond acceptors (Lipinski definition) is 2. The lowest BCUT2D eigenvalue weighted by Gasteiger charge is -2.12. The smallest absolute Gasteiger partial charge is 0.128 e. The van der Waals surface area contributed by atoms with Crippen LogP contribution in [0.4, 0.5) is 4.39 Å². The van der Waals surface area contributed by atoms with Gasteiger partial charge in [0.15, 0.2) is 0 Å². The fraction of sp³-hybridized carbons (Fsp3) is 0.176. The third kappa shape index (κ3) is 3.93. The second-order valence-electron chi connectivity index (χ2n) is 4.48. The summed E-state index contributed by atoms with van der Waals surface area (Å²) < 4.78 is 18.7. The Labute approximate surface area is 118 Å². The third-order valence-corrected chi connectivity index (χ3v) is 2.87. The van der Waals surface area contributed by atoms with Crippen molar-refractivity contribution in [1.82, 2.24) is 0 Å². The van der Waals surface area contributed by atoms with E-state index in [-0.39, 0.29) is 5.82 Å². The Balaban J connectivity index is 2.00. The Morgan fingerprint density at radius 1 is 1.20 bits per heavy atom. The first-order chi connectivity index (χ1) is 9.66. The second kappa shape index (κ2) is 6.87. The average Bonchev–Trinajstić information content (AvgIpc) is 2.44. The van der Waals surface area contributed by atoms with Crippen molar-refractivity contribution in [1.29, 1.82) is 0 Å². The molecule has 0 amide bonds. The first kappa shape index (κ1) is 14.3. The lowest BCUT2D eigenvalue weighted by molar-refractivity contribution is 0.192. The molecule has 0 aliphatic carbocycles. The predicted molar refractivity (Wildman–Crippen MR) is 78.0 cm³/mol. The molecule has 104 valence electrons. The van der Waals surface area contributed by atoms with Gasteiger partial charge in [0.05, 0.1) is 6.10 Å². The minimum atomic E-state index is -0.691. The summed E-state index contributed by atoms with van der Waals surface area (Å²) in [6, 6.07) is 14.0. The minimum Gasteiger partial charge on any atom is -0.489 e. The van der Waals surface area contributed by atoms with E-state index >= 15 is 0 Å². The van der Waals surface area contributed by atoms with Crippen LogP contribution in [-0.2, 0) is 0 Å². The molecule has 2 aromatic carbocycles. The lowest BCUT2D eigenvalue weighted by Crippen LogP contribution is -2.01. The summed E-state index contributed by atoms with van der Waals surface area (Å²) in [6.07, 6.45) is 3.09. The van der Waals surface area contributed by atoms with Gasteiger partial charge in [-0.15, -0.1) is 0 Å². The molecule has 0 fully saturated rings. The molecule has 0 aromatic heterocycles. The van der Waals surface area contributed by atoms with E-state index in [0.717, 1.165) is 5.56 Å². The highest BCUT2D eigenvalue weighted by Gasteiger charge is 2.09. The maximum Gasteiger partial charge on any atom is 0.128 e. The standard InChI is InChI=1S/C17H17FO2/c1-13(19)16-10-9-15(18)12-17(16)20-11-5-8-14-6-3-2-4-7-14/h2-10,12-13,19H,11H2,1H3. The van der Waals surface area contributed by atoms with Crippen molar-refractivity contribution in [2.24, 2.45) is 0 Å². The number of halogens is 1. The molecule has 20 heavy (non-hydrogen) atoms. The van der Waals surface area contributed by atoms with E-state index in [1.165, 1.54) is 18.2 Å². The van der Waals surface area contributed by atoms with E-state index < -0.39 is 6.10 Å². The number of hydrogen-bond donors (Lipinski definition) is 1. The van der Waals surface area contributed by atoms with Gasteiger partial charge in [-0.1, -0.05) is 36.4 Å². The van der Waals surface area contributed by atoms with Gasteiger partial charge >= 0.3 is 0 Å². The highest BCUT2D eigenvalue weighted by molar-refractivity contribution is 5.48. The molecule has 0 saturated carbocycles. The molecule has 0 bridgehead atoms. The number of rotatable bonds is 5. The van der Waals surface area contributed by atoms with Crippen molar-refractivity contribution in [2.75, 3.05) is 6.61 Å². The van der Waals surface area contributed by atoms with Crippen LogP contribution < -0.4 is 4.74 Å². The van der Waals surface area contributed by atoms with Gasteiger partial charge in [-0.3, -0.25) is 0 Å². The van der Waals surface area contributed by atoms with E-state index in [0.29, 0.717) is 17.9 Å². The van der Waals surface area contributed by atoms with Crippen molar-refractivity contribution >= 4 is 6.08 Å². The van der Waals surface area contributed by atoms with Crippen molar-refractivity contribution < 1.29 is 14.2 Å². The highest BCUT2D eigenvalue weighted by atomic mass is 19.1. The summed E-state index contributed by atoms with van der Waals surface area (Å²) in [4.78, 5) is 0. The summed E-state index contributed by atoms with van der Waals surface area (Å²) in [5.74, 6) is -0.00542. The van der Waals surface area contributed by atoms with Crippen LogP contribution in [0.1, 0.15) is 24.2 Å². The normalized spacial score (nSPS) is 12.6. The largest absolute Gasteiger partial charge is 0.489 e. The van der Waals surface area contributed by atoms with E-state index in [4.69, 9.17) is 4.74 Å². The molecule has 1 atom stereocenters. The van der Waals surface area contributed by atoms with Crippen molar-refractivity contribution in [3.63, 3.8) is 0 Å². The lowest BCUT2D eigenvalue weighted by atomic mass is 10.1. The van der Waals surface area contributed by atoms with Crippen LogP contribution in [0.5, 0.6) is 5.75 Å². The second-order valence-corrected chi connectivity index (χ2v) is 4.48. The zero-order valence-corrected chi connectivity index (χ0v) is 11.3. The van der Waals surface area contributed by atoms with Gasteiger partial charge in [-0.2, -0.15) is 0 Å². The maximum absolute atomic E-state index is 13.2. The van der Waals surface area contributed by atoms with E-state index in [1.54, 1.807) is 6.92 Å². The molecule has 0 aliphatic rings. The average molecular weight is 272 g/mol. The Morgan fingerprint density at radius 3 is 2.65 bits per heavy atom. The van der Waals surface area contributed by atoms with E-state index in [1.807, 2.05) is 42.5 Å².